The molecule has 2 aromatic rings. The number of carbonyl (C=O) groups excluding carboxylic acids is 1. The van der Waals surface area contributed by atoms with Crippen LogP contribution in [0.2, 0.25) is 0 Å². The molecule has 1 aliphatic rings. The summed E-state index contributed by atoms with van der Waals surface area (Å²) in [6.07, 6.45) is 7.17. The molecule has 140 valence electrons. The molecule has 0 aliphatic heterocycles. The van der Waals surface area contributed by atoms with Crippen molar-refractivity contribution < 1.29 is 4.79 Å². The third-order valence-corrected chi connectivity index (χ3v) is 5.74. The van der Waals surface area contributed by atoms with Crippen molar-refractivity contribution in [2.45, 2.75) is 44.6 Å². The summed E-state index contributed by atoms with van der Waals surface area (Å²) in [5, 5.41) is 7.64. The highest BCUT2D eigenvalue weighted by Crippen LogP contribution is 2.37. The highest BCUT2D eigenvalue weighted by Gasteiger charge is 2.35. The van der Waals surface area contributed by atoms with Crippen molar-refractivity contribution >= 4 is 17.7 Å². The first-order valence-corrected chi connectivity index (χ1v) is 10.8. The zero-order chi connectivity index (χ0) is 18.4. The first-order chi connectivity index (χ1) is 12.7. The Kier molecular flexibility index (Phi) is 6.72. The van der Waals surface area contributed by atoms with Gasteiger partial charge in [-0.1, -0.05) is 43.2 Å². The van der Waals surface area contributed by atoms with Crippen LogP contribution in [-0.4, -0.2) is 39.7 Å². The number of thioether (sulfide) groups is 1. The van der Waals surface area contributed by atoms with Crippen LogP contribution >= 0.6 is 11.8 Å². The van der Waals surface area contributed by atoms with Gasteiger partial charge in [0.25, 0.3) is 0 Å². The molecule has 1 fully saturated rings. The van der Waals surface area contributed by atoms with Crippen molar-refractivity contribution in [2.75, 3.05) is 19.1 Å². The lowest BCUT2D eigenvalue weighted by molar-refractivity contribution is -0.126. The van der Waals surface area contributed by atoms with Gasteiger partial charge in [0, 0.05) is 31.1 Å². The second kappa shape index (κ2) is 9.21. The Hall–Kier alpha value is -1.82. The van der Waals surface area contributed by atoms with Gasteiger partial charge in [-0.2, -0.15) is 16.9 Å². The molecule has 1 heterocycles. The monoisotopic (exact) mass is 372 g/mol. The first kappa shape index (κ1) is 19.0. The molecule has 1 N–H and O–H groups in total. The fourth-order valence-electron chi connectivity index (χ4n) is 3.79. The summed E-state index contributed by atoms with van der Waals surface area (Å²) >= 11 is 1.81. The molecule has 6 heteroatoms. The second-order valence-corrected chi connectivity index (χ2v) is 7.87. The smallest absolute Gasteiger partial charge is 0.223 e. The average Bonchev–Trinajstić information content (AvgIpc) is 3.09. The predicted octanol–water partition coefficient (Wildman–Crippen LogP) is 3.25. The van der Waals surface area contributed by atoms with E-state index in [0.717, 1.165) is 49.5 Å². The lowest BCUT2D eigenvalue weighted by Gasteiger charge is -2.29. The number of rotatable bonds is 7. The molecule has 1 aliphatic carbocycles. The van der Waals surface area contributed by atoms with Gasteiger partial charge in [-0.25, -0.2) is 9.67 Å². The van der Waals surface area contributed by atoms with Gasteiger partial charge < -0.3 is 5.32 Å². The molecule has 0 bridgehead atoms. The van der Waals surface area contributed by atoms with Crippen LogP contribution in [0.15, 0.2) is 30.3 Å². The standard InChI is InChI=1S/C20H28N4OS/c1-21-20(25)17-11-7-6-10-16(17)19-22-18(12-13-26-2)23-24(19)14-15-8-4-3-5-9-15/h3-5,8-9,16-17H,6-7,10-14H2,1-2H3,(H,21,25)/t16-,17+/m0/s1. The Bertz CT molecular complexity index is 716. The van der Waals surface area contributed by atoms with Crippen molar-refractivity contribution in [2.24, 2.45) is 5.92 Å². The molecule has 1 aromatic heterocycles. The van der Waals surface area contributed by atoms with Crippen molar-refractivity contribution in [3.8, 4) is 0 Å². The number of carbonyl (C=O) groups is 1. The predicted molar refractivity (Wildman–Crippen MR) is 106 cm³/mol. The van der Waals surface area contributed by atoms with E-state index in [2.05, 4.69) is 35.8 Å². The van der Waals surface area contributed by atoms with Crippen molar-refractivity contribution in [3.63, 3.8) is 0 Å². The van der Waals surface area contributed by atoms with E-state index in [9.17, 15) is 4.79 Å². The van der Waals surface area contributed by atoms with Crippen LogP contribution in [0.4, 0.5) is 0 Å². The van der Waals surface area contributed by atoms with Crippen LogP contribution in [0.25, 0.3) is 0 Å². The topological polar surface area (TPSA) is 59.8 Å². The maximum absolute atomic E-state index is 12.4. The van der Waals surface area contributed by atoms with Gasteiger partial charge in [0.15, 0.2) is 5.82 Å². The van der Waals surface area contributed by atoms with E-state index in [1.165, 1.54) is 5.56 Å². The summed E-state index contributed by atoms with van der Waals surface area (Å²) in [6.45, 7) is 0.708. The van der Waals surface area contributed by atoms with Gasteiger partial charge in [-0.15, -0.1) is 0 Å². The first-order valence-electron chi connectivity index (χ1n) is 9.41. The molecule has 1 aromatic carbocycles. The summed E-state index contributed by atoms with van der Waals surface area (Å²) < 4.78 is 2.04. The van der Waals surface area contributed by atoms with E-state index in [1.807, 2.05) is 10.7 Å². The van der Waals surface area contributed by atoms with Crippen molar-refractivity contribution in [1.82, 2.24) is 20.1 Å². The molecule has 26 heavy (non-hydrogen) atoms. The van der Waals surface area contributed by atoms with Gasteiger partial charge in [0.1, 0.15) is 5.82 Å². The van der Waals surface area contributed by atoms with E-state index in [-0.39, 0.29) is 17.7 Å². The number of hydrogen-bond donors (Lipinski definition) is 1. The fourth-order valence-corrected chi connectivity index (χ4v) is 4.17. The van der Waals surface area contributed by atoms with Gasteiger partial charge >= 0.3 is 0 Å². The number of benzene rings is 1. The lowest BCUT2D eigenvalue weighted by Crippen LogP contribution is -2.35. The molecule has 5 nitrogen and oxygen atoms in total. The maximum Gasteiger partial charge on any atom is 0.223 e. The Morgan fingerprint density at radius 1 is 1.27 bits per heavy atom. The number of aromatic nitrogens is 3. The van der Waals surface area contributed by atoms with Crippen LogP contribution in [0.3, 0.4) is 0 Å². The molecule has 1 saturated carbocycles. The number of nitrogens with zero attached hydrogens (tertiary/aromatic N) is 3. The van der Waals surface area contributed by atoms with Crippen LogP contribution < -0.4 is 5.32 Å². The van der Waals surface area contributed by atoms with Crippen molar-refractivity contribution in [1.29, 1.82) is 0 Å². The van der Waals surface area contributed by atoms with E-state index in [4.69, 9.17) is 10.1 Å². The summed E-state index contributed by atoms with van der Waals surface area (Å²) in [5.74, 6) is 3.18. The van der Waals surface area contributed by atoms with Crippen LogP contribution in [0, 0.1) is 5.92 Å². The Balaban J connectivity index is 1.92. The lowest BCUT2D eigenvalue weighted by atomic mass is 9.78. The minimum atomic E-state index is 0.000809. The van der Waals surface area contributed by atoms with Gasteiger partial charge in [-0.3, -0.25) is 4.79 Å². The van der Waals surface area contributed by atoms with Crippen LogP contribution in [-0.2, 0) is 17.8 Å². The maximum atomic E-state index is 12.4. The molecular formula is C20H28N4OS. The molecule has 3 rings (SSSR count). The summed E-state index contributed by atoms with van der Waals surface area (Å²) in [6, 6.07) is 10.4. The molecule has 0 radical (unpaired) electrons. The van der Waals surface area contributed by atoms with E-state index in [1.54, 1.807) is 18.8 Å². The third-order valence-electron chi connectivity index (χ3n) is 5.13. The molecular weight excluding hydrogens is 344 g/mol. The van der Waals surface area contributed by atoms with Gasteiger partial charge in [0.05, 0.1) is 6.54 Å². The summed E-state index contributed by atoms with van der Waals surface area (Å²) in [7, 11) is 1.73. The Morgan fingerprint density at radius 3 is 2.77 bits per heavy atom. The molecule has 0 spiro atoms. The quantitative estimate of drug-likeness (QED) is 0.810. The van der Waals surface area contributed by atoms with E-state index >= 15 is 0 Å². The zero-order valence-electron chi connectivity index (χ0n) is 15.6. The van der Waals surface area contributed by atoms with E-state index < -0.39 is 0 Å². The molecule has 2 atom stereocenters. The number of aryl methyl sites for hydroxylation is 1. The minimum Gasteiger partial charge on any atom is -0.359 e. The highest BCUT2D eigenvalue weighted by atomic mass is 32.2. The van der Waals surface area contributed by atoms with Gasteiger partial charge in [0.2, 0.25) is 5.91 Å². The van der Waals surface area contributed by atoms with E-state index in [0.29, 0.717) is 6.54 Å². The summed E-state index contributed by atoms with van der Waals surface area (Å²) in [4.78, 5) is 17.3. The highest BCUT2D eigenvalue weighted by molar-refractivity contribution is 7.98. The largest absolute Gasteiger partial charge is 0.359 e. The summed E-state index contributed by atoms with van der Waals surface area (Å²) in [5.41, 5.74) is 1.21. The SMILES string of the molecule is CNC(=O)[C@@H]1CCCC[C@@H]1c1nc(CCSC)nn1Cc1ccccc1. The van der Waals surface area contributed by atoms with Crippen LogP contribution in [0.1, 0.15) is 48.8 Å². The van der Waals surface area contributed by atoms with Crippen LogP contribution in [0.5, 0.6) is 0 Å². The fraction of sp³-hybridized carbons (Fsp3) is 0.550. The zero-order valence-corrected chi connectivity index (χ0v) is 16.5. The normalized spacial score (nSPS) is 20.1. The Morgan fingerprint density at radius 2 is 2.04 bits per heavy atom. The number of amides is 1. The average molecular weight is 373 g/mol. The number of hydrogen-bond acceptors (Lipinski definition) is 4. The third kappa shape index (κ3) is 4.47. The number of nitrogens with one attached hydrogen (secondary N) is 1. The minimum absolute atomic E-state index is 0.000809. The second-order valence-electron chi connectivity index (χ2n) is 6.88. The molecule has 1 amide bonds. The molecule has 0 unspecified atom stereocenters. The van der Waals surface area contributed by atoms with Gasteiger partial charge in [-0.05, 0) is 24.7 Å². The Labute approximate surface area is 160 Å². The molecule has 0 saturated heterocycles. The van der Waals surface area contributed by atoms with Crippen molar-refractivity contribution in [3.05, 3.63) is 47.5 Å².